The number of halogens is 2. The summed E-state index contributed by atoms with van der Waals surface area (Å²) in [5.74, 6) is -1.22. The molecule has 0 saturated carbocycles. The van der Waals surface area contributed by atoms with E-state index >= 15 is 0 Å². The number of carbonyl (C=O) groups is 2. The molecule has 1 aromatic heterocycles. The molecule has 4 rings (SSSR count). The lowest BCUT2D eigenvalue weighted by molar-refractivity contribution is -0.138. The highest BCUT2D eigenvalue weighted by molar-refractivity contribution is 5.94. The van der Waals surface area contributed by atoms with Crippen LogP contribution >= 0.6 is 0 Å². The molecule has 7 nitrogen and oxygen atoms in total. The maximum Gasteiger partial charge on any atom is 0.256 e. The Hall–Kier alpha value is -2.81. The maximum atomic E-state index is 13.9. The van der Waals surface area contributed by atoms with Crippen LogP contribution in [0, 0.1) is 24.5 Å². The number of hydrogen-bond donors (Lipinski definition) is 0. The number of aryl methyl sites for hydroxylation is 1. The lowest BCUT2D eigenvalue weighted by Crippen LogP contribution is -2.51. The van der Waals surface area contributed by atoms with E-state index in [-0.39, 0.29) is 17.4 Å². The number of likely N-dealkylation sites (tertiary alicyclic amines) is 1. The van der Waals surface area contributed by atoms with Crippen LogP contribution in [-0.2, 0) is 11.3 Å². The molecule has 0 spiro atoms. The van der Waals surface area contributed by atoms with Gasteiger partial charge < -0.3 is 14.3 Å². The zero-order valence-corrected chi connectivity index (χ0v) is 17.5. The van der Waals surface area contributed by atoms with Gasteiger partial charge in [-0.15, -0.1) is 0 Å². The Morgan fingerprint density at radius 1 is 1.03 bits per heavy atom. The van der Waals surface area contributed by atoms with Gasteiger partial charge in [0.1, 0.15) is 11.6 Å². The molecule has 31 heavy (non-hydrogen) atoms. The first-order valence-corrected chi connectivity index (χ1v) is 10.6. The van der Waals surface area contributed by atoms with Gasteiger partial charge in [0, 0.05) is 57.3 Å². The molecule has 0 aliphatic carbocycles. The van der Waals surface area contributed by atoms with Crippen LogP contribution in [0.3, 0.4) is 0 Å². The predicted octanol–water partition coefficient (Wildman–Crippen LogP) is 2.46. The molecular weight excluding hydrogens is 406 g/mol. The van der Waals surface area contributed by atoms with Gasteiger partial charge in [-0.1, -0.05) is 5.16 Å². The van der Waals surface area contributed by atoms with Crippen molar-refractivity contribution in [3.63, 3.8) is 0 Å². The lowest BCUT2D eigenvalue weighted by atomic mass is 9.94. The van der Waals surface area contributed by atoms with Crippen LogP contribution in [0.15, 0.2) is 28.8 Å². The molecule has 2 aliphatic heterocycles. The zero-order chi connectivity index (χ0) is 22.0. The van der Waals surface area contributed by atoms with Crippen LogP contribution in [0.2, 0.25) is 0 Å². The second kappa shape index (κ2) is 9.13. The van der Waals surface area contributed by atoms with E-state index in [4.69, 9.17) is 4.52 Å². The van der Waals surface area contributed by atoms with Crippen molar-refractivity contribution >= 4 is 11.8 Å². The number of rotatable bonds is 4. The fourth-order valence-electron chi connectivity index (χ4n) is 4.26. The number of aromatic nitrogens is 1. The Bertz CT molecular complexity index is 948. The average molecular weight is 432 g/mol. The van der Waals surface area contributed by atoms with Crippen LogP contribution in [0.5, 0.6) is 0 Å². The van der Waals surface area contributed by atoms with Crippen molar-refractivity contribution in [3.05, 3.63) is 52.9 Å². The molecule has 2 aliphatic rings. The normalized spacial score (nSPS) is 18.4. The molecule has 3 heterocycles. The van der Waals surface area contributed by atoms with Crippen molar-refractivity contribution in [2.75, 3.05) is 39.3 Å². The Labute approximate surface area is 179 Å². The summed E-state index contributed by atoms with van der Waals surface area (Å²) in [6, 6.07) is 4.89. The molecule has 2 fully saturated rings. The van der Waals surface area contributed by atoms with Gasteiger partial charge in [0.15, 0.2) is 5.76 Å². The molecule has 9 heteroatoms. The van der Waals surface area contributed by atoms with E-state index in [0.29, 0.717) is 51.6 Å². The number of nitrogens with zero attached hydrogens (tertiary/aromatic N) is 4. The Kier molecular flexibility index (Phi) is 6.31. The maximum absolute atomic E-state index is 13.9. The van der Waals surface area contributed by atoms with Crippen LogP contribution in [0.1, 0.15) is 34.7 Å². The monoisotopic (exact) mass is 432 g/mol. The topological polar surface area (TPSA) is 69.9 Å². The summed E-state index contributed by atoms with van der Waals surface area (Å²) >= 11 is 0. The van der Waals surface area contributed by atoms with Crippen LogP contribution < -0.4 is 0 Å². The lowest BCUT2D eigenvalue weighted by Gasteiger charge is -2.38. The Balaban J connectivity index is 1.25. The third-order valence-electron chi connectivity index (χ3n) is 6.03. The van der Waals surface area contributed by atoms with Gasteiger partial charge >= 0.3 is 0 Å². The summed E-state index contributed by atoms with van der Waals surface area (Å²) in [5, 5.41) is 3.90. The third kappa shape index (κ3) is 4.92. The van der Waals surface area contributed by atoms with E-state index < -0.39 is 17.5 Å². The van der Waals surface area contributed by atoms with Gasteiger partial charge in [-0.2, -0.15) is 0 Å². The minimum atomic E-state index is -0.860. The predicted molar refractivity (Wildman–Crippen MR) is 108 cm³/mol. The molecule has 1 aromatic carbocycles. The van der Waals surface area contributed by atoms with Crippen LogP contribution in [0.25, 0.3) is 0 Å². The van der Waals surface area contributed by atoms with Gasteiger partial charge in [0.2, 0.25) is 5.91 Å². The molecule has 166 valence electrons. The first-order valence-electron chi connectivity index (χ1n) is 10.6. The average Bonchev–Trinajstić information content (AvgIpc) is 3.18. The minimum absolute atomic E-state index is 0.121. The Morgan fingerprint density at radius 2 is 1.74 bits per heavy atom. The quantitative estimate of drug-likeness (QED) is 0.743. The second-order valence-electron chi connectivity index (χ2n) is 8.23. The van der Waals surface area contributed by atoms with Gasteiger partial charge in [-0.05, 0) is 31.9 Å². The summed E-state index contributed by atoms with van der Waals surface area (Å²) in [4.78, 5) is 31.2. The number of piperidine rings is 1. The number of hydrogen-bond acceptors (Lipinski definition) is 5. The first kappa shape index (κ1) is 21.4. The molecule has 2 aromatic rings. The van der Waals surface area contributed by atoms with Crippen molar-refractivity contribution in [1.82, 2.24) is 19.9 Å². The molecule has 0 radical (unpaired) electrons. The summed E-state index contributed by atoms with van der Waals surface area (Å²) in [5.41, 5.74) is 0.722. The zero-order valence-electron chi connectivity index (χ0n) is 17.5. The molecule has 0 bridgehead atoms. The number of benzene rings is 1. The smallest absolute Gasteiger partial charge is 0.256 e. The number of amides is 2. The molecule has 2 saturated heterocycles. The van der Waals surface area contributed by atoms with E-state index in [1.54, 1.807) is 0 Å². The molecule has 0 atom stereocenters. The molecule has 2 amide bonds. The van der Waals surface area contributed by atoms with Crippen LogP contribution in [0.4, 0.5) is 8.78 Å². The van der Waals surface area contributed by atoms with Gasteiger partial charge in [-0.25, -0.2) is 8.78 Å². The highest BCUT2D eigenvalue weighted by Crippen LogP contribution is 2.23. The van der Waals surface area contributed by atoms with Gasteiger partial charge in [0.25, 0.3) is 5.91 Å². The van der Waals surface area contributed by atoms with E-state index in [0.717, 1.165) is 30.6 Å². The van der Waals surface area contributed by atoms with Crippen molar-refractivity contribution in [1.29, 1.82) is 0 Å². The standard InChI is InChI=1S/C22H26F2N4O3/c1-15-12-18(31-25-15)14-26-8-10-28(11-9-26)21(29)16-4-6-27(7-5-16)22(30)19-3-2-17(23)13-20(19)24/h2-3,12-13,16H,4-11,14H2,1H3. The fourth-order valence-corrected chi connectivity index (χ4v) is 4.26. The van der Waals surface area contributed by atoms with Crippen molar-refractivity contribution in [2.45, 2.75) is 26.3 Å². The summed E-state index contributed by atoms with van der Waals surface area (Å²) in [6.07, 6.45) is 1.09. The largest absolute Gasteiger partial charge is 0.360 e. The SMILES string of the molecule is Cc1cc(CN2CCN(C(=O)C3CCN(C(=O)c4ccc(F)cc4F)CC3)CC2)on1. The minimum Gasteiger partial charge on any atom is -0.360 e. The van der Waals surface area contributed by atoms with Crippen molar-refractivity contribution in [2.24, 2.45) is 5.92 Å². The first-order chi connectivity index (χ1) is 14.9. The highest BCUT2D eigenvalue weighted by atomic mass is 19.1. The van der Waals surface area contributed by atoms with Gasteiger partial charge in [0.05, 0.1) is 17.8 Å². The highest BCUT2D eigenvalue weighted by Gasteiger charge is 2.32. The van der Waals surface area contributed by atoms with E-state index in [9.17, 15) is 18.4 Å². The molecular formula is C22H26F2N4O3. The number of carbonyl (C=O) groups excluding carboxylic acids is 2. The van der Waals surface area contributed by atoms with E-state index in [1.807, 2.05) is 17.9 Å². The van der Waals surface area contributed by atoms with E-state index in [1.165, 1.54) is 11.0 Å². The third-order valence-corrected chi connectivity index (χ3v) is 6.03. The molecule has 0 N–H and O–H groups in total. The van der Waals surface area contributed by atoms with E-state index in [2.05, 4.69) is 10.1 Å². The number of piperazine rings is 1. The summed E-state index contributed by atoms with van der Waals surface area (Å²) in [6.45, 7) is 6.20. The summed E-state index contributed by atoms with van der Waals surface area (Å²) < 4.78 is 32.3. The van der Waals surface area contributed by atoms with Gasteiger partial charge in [-0.3, -0.25) is 14.5 Å². The second-order valence-corrected chi connectivity index (χ2v) is 8.23. The van der Waals surface area contributed by atoms with Crippen molar-refractivity contribution < 1.29 is 22.9 Å². The van der Waals surface area contributed by atoms with Crippen molar-refractivity contribution in [3.8, 4) is 0 Å². The molecule has 0 unspecified atom stereocenters. The summed E-state index contributed by atoms with van der Waals surface area (Å²) in [7, 11) is 0. The fraction of sp³-hybridized carbons (Fsp3) is 0.500. The Morgan fingerprint density at radius 3 is 2.35 bits per heavy atom. The van der Waals surface area contributed by atoms with Crippen LogP contribution in [-0.4, -0.2) is 70.9 Å².